The average Bonchev–Trinajstić information content (AvgIpc) is 2.79. The molecular weight excluding hydrogens is 418 g/mol. The fourth-order valence-electron chi connectivity index (χ4n) is 3.93. The predicted molar refractivity (Wildman–Crippen MR) is 126 cm³/mol. The molecule has 0 atom stereocenters. The molecule has 0 saturated carbocycles. The summed E-state index contributed by atoms with van der Waals surface area (Å²) >= 11 is 3.57. The van der Waals surface area contributed by atoms with Crippen LogP contribution in [0.1, 0.15) is 0 Å². The molecule has 4 aromatic carbocycles. The van der Waals surface area contributed by atoms with Gasteiger partial charge in [0, 0.05) is 16.9 Å². The maximum atomic E-state index is 4.24. The van der Waals surface area contributed by atoms with E-state index < -0.39 is 0 Å². The van der Waals surface area contributed by atoms with E-state index in [4.69, 9.17) is 0 Å². The van der Waals surface area contributed by atoms with Gasteiger partial charge in [-0.2, -0.15) is 0 Å². The highest BCUT2D eigenvalue weighted by Gasteiger charge is 2.17. The van der Waals surface area contributed by atoms with Crippen LogP contribution in [0, 0.1) is 0 Å². The second kappa shape index (κ2) is 7.65. The third kappa shape index (κ3) is 3.37. The Bertz CT molecular complexity index is 1280. The number of hydrogen-bond donors (Lipinski definition) is 0. The Balaban J connectivity index is 1.96. The summed E-state index contributed by atoms with van der Waals surface area (Å²) in [7, 11) is 0. The zero-order valence-electron chi connectivity index (χ0n) is 15.7. The quantitative estimate of drug-likeness (QED) is 0.279. The van der Waals surface area contributed by atoms with Crippen molar-refractivity contribution in [3.8, 4) is 33.4 Å². The Morgan fingerprint density at radius 2 is 1.21 bits per heavy atom. The first-order chi connectivity index (χ1) is 14.3. The van der Waals surface area contributed by atoms with Gasteiger partial charge in [-0.15, -0.1) is 0 Å². The SMILES string of the molecule is Brc1ccc(-c2c(-c3ccncc3)c(-c3ccccc3)cc3ccccc23)cc1. The summed E-state index contributed by atoms with van der Waals surface area (Å²) in [6.07, 6.45) is 3.73. The van der Waals surface area contributed by atoms with Crippen molar-refractivity contribution in [2.24, 2.45) is 0 Å². The topological polar surface area (TPSA) is 12.9 Å². The van der Waals surface area contributed by atoms with Crippen LogP contribution in [0.15, 0.2) is 114 Å². The van der Waals surface area contributed by atoms with E-state index in [0.717, 1.165) is 4.47 Å². The highest BCUT2D eigenvalue weighted by Crippen LogP contribution is 2.44. The second-order valence-electron chi connectivity index (χ2n) is 7.00. The van der Waals surface area contributed by atoms with E-state index in [9.17, 15) is 0 Å². The molecule has 138 valence electrons. The third-order valence-corrected chi connectivity index (χ3v) is 5.76. The van der Waals surface area contributed by atoms with Gasteiger partial charge in [-0.25, -0.2) is 0 Å². The standard InChI is InChI=1S/C27H18BrN/c28-23-12-10-20(11-13-23)26-24-9-5-4-8-22(24)18-25(19-6-2-1-3-7-19)27(26)21-14-16-29-17-15-21/h1-18H. The molecule has 2 heteroatoms. The highest BCUT2D eigenvalue weighted by molar-refractivity contribution is 9.10. The minimum atomic E-state index is 1.08. The summed E-state index contributed by atoms with van der Waals surface area (Å²) in [6.45, 7) is 0. The molecule has 0 fully saturated rings. The van der Waals surface area contributed by atoms with Crippen molar-refractivity contribution in [3.05, 3.63) is 114 Å². The number of halogens is 1. The van der Waals surface area contributed by atoms with Gasteiger partial charge in [0.05, 0.1) is 0 Å². The van der Waals surface area contributed by atoms with Crippen LogP contribution in [0.5, 0.6) is 0 Å². The van der Waals surface area contributed by atoms with Crippen LogP contribution in [-0.2, 0) is 0 Å². The lowest BCUT2D eigenvalue weighted by Crippen LogP contribution is -1.93. The van der Waals surface area contributed by atoms with Crippen LogP contribution >= 0.6 is 15.9 Å². The van der Waals surface area contributed by atoms with E-state index >= 15 is 0 Å². The van der Waals surface area contributed by atoms with Crippen molar-refractivity contribution in [2.75, 3.05) is 0 Å². The van der Waals surface area contributed by atoms with Crippen molar-refractivity contribution in [1.82, 2.24) is 4.98 Å². The van der Waals surface area contributed by atoms with Crippen molar-refractivity contribution >= 4 is 26.7 Å². The molecule has 0 saturated heterocycles. The lowest BCUT2D eigenvalue weighted by atomic mass is 9.84. The van der Waals surface area contributed by atoms with Gasteiger partial charge in [-0.1, -0.05) is 82.7 Å². The van der Waals surface area contributed by atoms with Gasteiger partial charge in [0.2, 0.25) is 0 Å². The molecule has 0 aliphatic carbocycles. The number of aromatic nitrogens is 1. The predicted octanol–water partition coefficient (Wildman–Crippen LogP) is 8.00. The van der Waals surface area contributed by atoms with Crippen LogP contribution in [-0.4, -0.2) is 4.98 Å². The summed E-state index contributed by atoms with van der Waals surface area (Å²) < 4.78 is 1.08. The maximum Gasteiger partial charge on any atom is 0.0273 e. The van der Waals surface area contributed by atoms with Crippen LogP contribution in [0.2, 0.25) is 0 Å². The minimum Gasteiger partial charge on any atom is -0.265 e. The van der Waals surface area contributed by atoms with E-state index in [-0.39, 0.29) is 0 Å². The number of pyridine rings is 1. The molecule has 5 rings (SSSR count). The van der Waals surface area contributed by atoms with E-state index in [1.54, 1.807) is 0 Å². The number of benzene rings is 4. The molecular formula is C27H18BrN. The highest BCUT2D eigenvalue weighted by atomic mass is 79.9. The molecule has 0 N–H and O–H groups in total. The summed E-state index contributed by atoms with van der Waals surface area (Å²) in [5, 5.41) is 2.49. The minimum absolute atomic E-state index is 1.08. The molecule has 0 amide bonds. The van der Waals surface area contributed by atoms with Gasteiger partial charge in [-0.3, -0.25) is 4.98 Å². The summed E-state index contributed by atoms with van der Waals surface area (Å²) in [4.78, 5) is 4.24. The molecule has 5 aromatic rings. The van der Waals surface area contributed by atoms with Crippen molar-refractivity contribution < 1.29 is 0 Å². The van der Waals surface area contributed by atoms with Gasteiger partial charge in [0.1, 0.15) is 0 Å². The van der Waals surface area contributed by atoms with Crippen molar-refractivity contribution in [2.45, 2.75) is 0 Å². The van der Waals surface area contributed by atoms with Gasteiger partial charge in [-0.05, 0) is 74.5 Å². The van der Waals surface area contributed by atoms with Gasteiger partial charge in [0.25, 0.3) is 0 Å². The Hall–Kier alpha value is -3.23. The summed E-state index contributed by atoms with van der Waals surface area (Å²) in [5.41, 5.74) is 7.30. The molecule has 0 radical (unpaired) electrons. The Kier molecular flexibility index (Phi) is 4.71. The number of fused-ring (bicyclic) bond motifs is 1. The number of hydrogen-bond acceptors (Lipinski definition) is 1. The molecule has 1 heterocycles. The lowest BCUT2D eigenvalue weighted by Gasteiger charge is -2.19. The average molecular weight is 436 g/mol. The molecule has 29 heavy (non-hydrogen) atoms. The number of nitrogens with zero attached hydrogens (tertiary/aromatic N) is 1. The Morgan fingerprint density at radius 1 is 0.552 bits per heavy atom. The molecule has 0 bridgehead atoms. The van der Waals surface area contributed by atoms with E-state index in [2.05, 4.69) is 118 Å². The van der Waals surface area contributed by atoms with Crippen molar-refractivity contribution in [3.63, 3.8) is 0 Å². The van der Waals surface area contributed by atoms with Crippen LogP contribution in [0.4, 0.5) is 0 Å². The molecule has 0 aliphatic heterocycles. The van der Waals surface area contributed by atoms with Gasteiger partial charge >= 0.3 is 0 Å². The normalized spacial score (nSPS) is 10.9. The first kappa shape index (κ1) is 17.8. The van der Waals surface area contributed by atoms with E-state index in [1.807, 2.05) is 12.4 Å². The zero-order valence-corrected chi connectivity index (χ0v) is 17.3. The van der Waals surface area contributed by atoms with Crippen LogP contribution in [0.25, 0.3) is 44.2 Å². The Morgan fingerprint density at radius 3 is 1.97 bits per heavy atom. The third-order valence-electron chi connectivity index (χ3n) is 5.24. The summed E-state index contributed by atoms with van der Waals surface area (Å²) in [5.74, 6) is 0. The lowest BCUT2D eigenvalue weighted by molar-refractivity contribution is 1.33. The largest absolute Gasteiger partial charge is 0.265 e. The molecule has 0 aliphatic rings. The zero-order chi connectivity index (χ0) is 19.6. The maximum absolute atomic E-state index is 4.24. The molecule has 0 spiro atoms. The molecule has 0 unspecified atom stereocenters. The fourth-order valence-corrected chi connectivity index (χ4v) is 4.19. The van der Waals surface area contributed by atoms with Gasteiger partial charge < -0.3 is 0 Å². The van der Waals surface area contributed by atoms with Crippen LogP contribution in [0.3, 0.4) is 0 Å². The fraction of sp³-hybridized carbons (Fsp3) is 0. The van der Waals surface area contributed by atoms with Gasteiger partial charge in [0.15, 0.2) is 0 Å². The summed E-state index contributed by atoms with van der Waals surface area (Å²) in [6, 6.07) is 34.3. The molecule has 1 nitrogen and oxygen atoms in total. The van der Waals surface area contributed by atoms with Crippen molar-refractivity contribution in [1.29, 1.82) is 0 Å². The second-order valence-corrected chi connectivity index (χ2v) is 7.92. The monoisotopic (exact) mass is 435 g/mol. The molecule has 1 aromatic heterocycles. The number of rotatable bonds is 3. The first-order valence-corrected chi connectivity index (χ1v) is 10.4. The smallest absolute Gasteiger partial charge is 0.0273 e. The van der Waals surface area contributed by atoms with E-state index in [1.165, 1.54) is 44.2 Å². The van der Waals surface area contributed by atoms with E-state index in [0.29, 0.717) is 0 Å². The van der Waals surface area contributed by atoms with Crippen LogP contribution < -0.4 is 0 Å². The first-order valence-electron chi connectivity index (χ1n) is 9.59. The Labute approximate surface area is 178 Å².